The molecular formula is C22H22O11. The molecule has 0 unspecified atom stereocenters. The molecule has 11 nitrogen and oxygen atoms in total. The third-order valence-corrected chi connectivity index (χ3v) is 5.98. The summed E-state index contributed by atoms with van der Waals surface area (Å²) in [4.78, 5) is 26.5. The van der Waals surface area contributed by atoms with E-state index in [1.807, 2.05) is 0 Å². The molecule has 1 aliphatic heterocycles. The highest BCUT2D eigenvalue weighted by atomic mass is 16.7. The first-order chi connectivity index (χ1) is 15.5. The predicted octanol–water partition coefficient (Wildman–Crippen LogP) is -0.626. The topological polar surface area (TPSA) is 194 Å². The van der Waals surface area contributed by atoms with Crippen LogP contribution in [0.15, 0.2) is 12.1 Å². The zero-order valence-electron chi connectivity index (χ0n) is 17.5. The lowest BCUT2D eigenvalue weighted by Gasteiger charge is -2.40. The number of ketones is 2. The quantitative estimate of drug-likeness (QED) is 0.262. The van der Waals surface area contributed by atoms with Gasteiger partial charge in [0, 0.05) is 11.1 Å². The largest absolute Gasteiger partial charge is 0.508 e. The summed E-state index contributed by atoms with van der Waals surface area (Å²) in [5.74, 6) is -3.61. The molecule has 2 aromatic rings. The maximum Gasteiger partial charge on any atom is 0.229 e. The van der Waals surface area contributed by atoms with Crippen LogP contribution in [-0.4, -0.2) is 84.6 Å². The third-order valence-electron chi connectivity index (χ3n) is 5.98. The molecule has 4 rings (SSSR count). The Hall–Kier alpha value is -3.22. The second kappa shape index (κ2) is 7.97. The number of aliphatic hydroxyl groups is 4. The van der Waals surface area contributed by atoms with E-state index in [0.29, 0.717) is 0 Å². The van der Waals surface area contributed by atoms with Crippen LogP contribution in [0.1, 0.15) is 43.0 Å². The number of aryl methyl sites for hydroxylation is 1. The smallest absolute Gasteiger partial charge is 0.229 e. The van der Waals surface area contributed by atoms with Crippen molar-refractivity contribution < 1.29 is 54.8 Å². The molecule has 0 radical (unpaired) electrons. The first-order valence-electron chi connectivity index (χ1n) is 9.98. The minimum Gasteiger partial charge on any atom is -0.508 e. The average Bonchev–Trinajstić information content (AvgIpc) is 2.77. The molecule has 0 spiro atoms. The van der Waals surface area contributed by atoms with Gasteiger partial charge in [-0.3, -0.25) is 9.59 Å². The van der Waals surface area contributed by atoms with Crippen molar-refractivity contribution in [3.05, 3.63) is 45.5 Å². The number of aromatic hydroxyl groups is 3. The van der Waals surface area contributed by atoms with E-state index in [-0.39, 0.29) is 22.4 Å². The van der Waals surface area contributed by atoms with Gasteiger partial charge in [-0.15, -0.1) is 0 Å². The van der Waals surface area contributed by atoms with Crippen molar-refractivity contribution in [1.82, 2.24) is 0 Å². The number of phenols is 3. The Bertz CT molecular complexity index is 1170. The molecule has 1 fully saturated rings. The minimum atomic E-state index is -1.79. The molecule has 5 atom stereocenters. The van der Waals surface area contributed by atoms with Crippen molar-refractivity contribution in [1.29, 1.82) is 0 Å². The summed E-state index contributed by atoms with van der Waals surface area (Å²) >= 11 is 0. The van der Waals surface area contributed by atoms with Crippen molar-refractivity contribution in [3.63, 3.8) is 0 Å². The Morgan fingerprint density at radius 1 is 0.879 bits per heavy atom. The summed E-state index contributed by atoms with van der Waals surface area (Å²) in [6.07, 6.45) is -8.12. The van der Waals surface area contributed by atoms with Gasteiger partial charge in [0.15, 0.2) is 5.78 Å². The number of carbonyl (C=O) groups is 2. The SMILES string of the molecule is Cc1cc(O)c2c(c1O[C@@H]1O[C@H](CO)[C@@H](O)[C@H](O)[C@H]1O)C(=O)c1c(cc(O)c(C)c1O)C2=O. The number of fused-ring (bicyclic) bond motifs is 2. The Morgan fingerprint density at radius 3 is 2.18 bits per heavy atom. The van der Waals surface area contributed by atoms with E-state index >= 15 is 0 Å². The second-order valence-electron chi connectivity index (χ2n) is 8.06. The van der Waals surface area contributed by atoms with E-state index in [0.717, 1.165) is 12.1 Å². The van der Waals surface area contributed by atoms with E-state index < -0.39 is 82.8 Å². The van der Waals surface area contributed by atoms with Crippen molar-refractivity contribution in [2.24, 2.45) is 0 Å². The molecule has 7 N–H and O–H groups in total. The summed E-state index contributed by atoms with van der Waals surface area (Å²) in [6.45, 7) is 2.07. The van der Waals surface area contributed by atoms with Crippen LogP contribution in [0.5, 0.6) is 23.0 Å². The number of aliphatic hydroxyl groups excluding tert-OH is 4. The molecule has 0 saturated carbocycles. The molecule has 0 amide bonds. The van der Waals surface area contributed by atoms with Gasteiger partial charge >= 0.3 is 0 Å². The van der Waals surface area contributed by atoms with Gasteiger partial charge < -0.3 is 45.2 Å². The number of carbonyl (C=O) groups excluding carboxylic acids is 2. The van der Waals surface area contributed by atoms with Crippen LogP contribution >= 0.6 is 0 Å². The van der Waals surface area contributed by atoms with Crippen LogP contribution in [0.4, 0.5) is 0 Å². The minimum absolute atomic E-state index is 0.0355. The highest BCUT2D eigenvalue weighted by molar-refractivity contribution is 6.31. The fourth-order valence-electron chi connectivity index (χ4n) is 4.08. The standard InChI is InChI=1S/C22H22O11/c1-6-3-10(25)13-14(18(29)12-8(16(13)27)4-9(24)7(2)15(12)26)21(6)33-22-20(31)19(30)17(28)11(5-23)32-22/h3-4,11,17,19-20,22-26,28,30-31H,5H2,1-2H3/t11-,17-,19+,20-,22+/m1/s1. The van der Waals surface area contributed by atoms with E-state index in [1.165, 1.54) is 13.8 Å². The average molecular weight is 462 g/mol. The molecule has 11 heteroatoms. The highest BCUT2D eigenvalue weighted by Crippen LogP contribution is 2.45. The molecule has 2 aromatic carbocycles. The number of rotatable bonds is 3. The summed E-state index contributed by atoms with van der Waals surface area (Å²) < 4.78 is 11.0. The fraction of sp³-hybridized carbons (Fsp3) is 0.364. The fourth-order valence-corrected chi connectivity index (χ4v) is 4.08. The molecule has 1 aliphatic carbocycles. The number of hydrogen-bond acceptors (Lipinski definition) is 11. The lowest BCUT2D eigenvalue weighted by Crippen LogP contribution is -2.60. The van der Waals surface area contributed by atoms with Crippen LogP contribution in [0.3, 0.4) is 0 Å². The van der Waals surface area contributed by atoms with Gasteiger partial charge in [0.2, 0.25) is 12.1 Å². The first kappa shape index (κ1) is 23.0. The van der Waals surface area contributed by atoms with Gasteiger partial charge in [-0.25, -0.2) is 0 Å². The van der Waals surface area contributed by atoms with E-state index in [1.54, 1.807) is 0 Å². The van der Waals surface area contributed by atoms with Crippen molar-refractivity contribution in [2.75, 3.05) is 6.61 Å². The first-order valence-corrected chi connectivity index (χ1v) is 9.98. The Balaban J connectivity index is 1.87. The van der Waals surface area contributed by atoms with Gasteiger partial charge in [-0.1, -0.05) is 0 Å². The van der Waals surface area contributed by atoms with Crippen LogP contribution < -0.4 is 4.74 Å². The summed E-state index contributed by atoms with van der Waals surface area (Å²) in [5.41, 5.74) is -1.45. The van der Waals surface area contributed by atoms with E-state index in [4.69, 9.17) is 9.47 Å². The normalized spacial score (nSPS) is 26.7. The van der Waals surface area contributed by atoms with Crippen molar-refractivity contribution in [2.45, 2.75) is 44.6 Å². The molecule has 33 heavy (non-hydrogen) atoms. The predicted molar refractivity (Wildman–Crippen MR) is 109 cm³/mol. The lowest BCUT2D eigenvalue weighted by atomic mass is 9.80. The Kier molecular flexibility index (Phi) is 5.55. The second-order valence-corrected chi connectivity index (χ2v) is 8.06. The number of benzene rings is 2. The molecule has 176 valence electrons. The lowest BCUT2D eigenvalue weighted by molar-refractivity contribution is -0.277. The van der Waals surface area contributed by atoms with Crippen LogP contribution in [0, 0.1) is 13.8 Å². The van der Waals surface area contributed by atoms with Crippen LogP contribution in [0.25, 0.3) is 0 Å². The van der Waals surface area contributed by atoms with Crippen LogP contribution in [-0.2, 0) is 4.74 Å². The summed E-state index contributed by atoms with van der Waals surface area (Å²) in [7, 11) is 0. The molecule has 1 saturated heterocycles. The van der Waals surface area contributed by atoms with Gasteiger partial charge in [0.25, 0.3) is 0 Å². The van der Waals surface area contributed by atoms with Gasteiger partial charge in [0.1, 0.15) is 47.4 Å². The number of hydrogen-bond donors (Lipinski definition) is 7. The van der Waals surface area contributed by atoms with Crippen LogP contribution in [0.2, 0.25) is 0 Å². The zero-order valence-corrected chi connectivity index (χ0v) is 17.5. The third kappa shape index (κ3) is 3.33. The van der Waals surface area contributed by atoms with Crippen molar-refractivity contribution in [3.8, 4) is 23.0 Å². The maximum atomic E-state index is 13.4. The molecule has 2 aliphatic rings. The van der Waals surface area contributed by atoms with Crippen molar-refractivity contribution >= 4 is 11.6 Å². The molecular weight excluding hydrogens is 440 g/mol. The monoisotopic (exact) mass is 462 g/mol. The van der Waals surface area contributed by atoms with Gasteiger partial charge in [-0.05, 0) is 31.5 Å². The summed E-state index contributed by atoms with van der Waals surface area (Å²) in [5, 5.41) is 70.6. The van der Waals surface area contributed by atoms with E-state index in [9.17, 15) is 45.3 Å². The van der Waals surface area contributed by atoms with Gasteiger partial charge in [0.05, 0.1) is 23.3 Å². The van der Waals surface area contributed by atoms with Gasteiger partial charge in [-0.2, -0.15) is 0 Å². The Labute approximate surface area is 186 Å². The summed E-state index contributed by atoms with van der Waals surface area (Å²) in [6, 6.07) is 2.16. The maximum absolute atomic E-state index is 13.4. The Morgan fingerprint density at radius 2 is 1.55 bits per heavy atom. The molecule has 1 heterocycles. The molecule has 0 aromatic heterocycles. The zero-order chi connectivity index (χ0) is 24.4. The van der Waals surface area contributed by atoms with E-state index in [2.05, 4.69) is 0 Å². The number of phenolic OH excluding ortho intramolecular Hbond substituents is 3. The molecule has 0 bridgehead atoms. The number of ether oxygens (including phenoxy) is 2. The highest BCUT2D eigenvalue weighted by Gasteiger charge is 2.46.